The number of Topliss-reactive ketones (excluding diaryl/α,β-unsaturated/α-hetero) is 1. The van der Waals surface area contributed by atoms with Gasteiger partial charge in [0.25, 0.3) is 0 Å². The fourth-order valence-electron chi connectivity index (χ4n) is 1.68. The Hall–Kier alpha value is -1.33. The lowest BCUT2D eigenvalue weighted by atomic mass is 9.99. The van der Waals surface area contributed by atoms with Crippen LogP contribution in [-0.4, -0.2) is 29.5 Å². The highest BCUT2D eigenvalue weighted by Crippen LogP contribution is 2.04. The van der Waals surface area contributed by atoms with Gasteiger partial charge in [-0.3, -0.25) is 9.59 Å². The molecule has 0 aliphatic heterocycles. The fraction of sp³-hybridized carbons (Fsp3) is 0.385. The van der Waals surface area contributed by atoms with Crippen molar-refractivity contribution >= 4 is 24.3 Å². The van der Waals surface area contributed by atoms with Crippen LogP contribution in [0, 0.1) is 0 Å². The van der Waals surface area contributed by atoms with E-state index in [4.69, 9.17) is 5.73 Å². The van der Waals surface area contributed by atoms with Crippen LogP contribution in [-0.2, 0) is 16.0 Å². The second-order valence-corrected chi connectivity index (χ2v) is 4.50. The number of rotatable bonds is 6. The Labute approximate surface area is 112 Å². The van der Waals surface area contributed by atoms with Gasteiger partial charge in [0.05, 0.1) is 12.1 Å². The lowest BCUT2D eigenvalue weighted by molar-refractivity contribution is -0.126. The van der Waals surface area contributed by atoms with Gasteiger partial charge in [-0.15, -0.1) is 0 Å². The van der Waals surface area contributed by atoms with Crippen LogP contribution in [0.3, 0.4) is 0 Å². The Balaban J connectivity index is 2.62. The molecule has 2 atom stereocenters. The van der Waals surface area contributed by atoms with E-state index in [-0.39, 0.29) is 17.4 Å². The van der Waals surface area contributed by atoms with Gasteiger partial charge in [0.15, 0.2) is 5.78 Å². The van der Waals surface area contributed by atoms with Crippen molar-refractivity contribution in [3.63, 3.8) is 0 Å². The first-order valence-electron chi connectivity index (χ1n) is 5.75. The lowest BCUT2D eigenvalue weighted by Crippen LogP contribution is -2.49. The van der Waals surface area contributed by atoms with Crippen molar-refractivity contribution in [2.24, 2.45) is 5.73 Å². The molecule has 0 spiro atoms. The number of amides is 1. The Morgan fingerprint density at radius 1 is 1.33 bits per heavy atom. The first-order valence-corrected chi connectivity index (χ1v) is 6.39. The van der Waals surface area contributed by atoms with Gasteiger partial charge in [0, 0.05) is 12.7 Å². The molecule has 4 nitrogen and oxygen atoms in total. The largest absolute Gasteiger partial charge is 0.346 e. The third-order valence-corrected chi connectivity index (χ3v) is 2.93. The van der Waals surface area contributed by atoms with Gasteiger partial charge in [-0.25, -0.2) is 0 Å². The maximum Gasteiger partial charge on any atom is 0.217 e. The van der Waals surface area contributed by atoms with E-state index < -0.39 is 12.1 Å². The van der Waals surface area contributed by atoms with Crippen molar-refractivity contribution < 1.29 is 9.59 Å². The van der Waals surface area contributed by atoms with Crippen LogP contribution in [0.5, 0.6) is 0 Å². The van der Waals surface area contributed by atoms with E-state index in [9.17, 15) is 9.59 Å². The number of nitrogens with one attached hydrogen (secondary N) is 1. The van der Waals surface area contributed by atoms with Gasteiger partial charge < -0.3 is 11.1 Å². The molecular weight excluding hydrogens is 248 g/mol. The average molecular weight is 266 g/mol. The molecule has 1 aromatic carbocycles. The number of thiol groups is 1. The topological polar surface area (TPSA) is 72.2 Å². The molecule has 1 amide bonds. The van der Waals surface area contributed by atoms with Crippen molar-refractivity contribution in [1.82, 2.24) is 5.32 Å². The molecule has 3 N–H and O–H groups in total. The number of carbonyl (C=O) groups is 2. The van der Waals surface area contributed by atoms with Gasteiger partial charge in [0.2, 0.25) is 5.91 Å². The third kappa shape index (κ3) is 4.50. The van der Waals surface area contributed by atoms with Crippen LogP contribution >= 0.6 is 12.6 Å². The summed E-state index contributed by atoms with van der Waals surface area (Å²) in [5.41, 5.74) is 6.87. The van der Waals surface area contributed by atoms with E-state index in [0.717, 1.165) is 5.56 Å². The summed E-state index contributed by atoms with van der Waals surface area (Å²) in [5, 5.41) is 2.55. The van der Waals surface area contributed by atoms with E-state index in [2.05, 4.69) is 17.9 Å². The van der Waals surface area contributed by atoms with Crippen molar-refractivity contribution in [3.05, 3.63) is 35.9 Å². The summed E-state index contributed by atoms with van der Waals surface area (Å²) < 4.78 is 0. The summed E-state index contributed by atoms with van der Waals surface area (Å²) in [5.74, 6) is -0.195. The van der Waals surface area contributed by atoms with Crippen LogP contribution in [0.2, 0.25) is 0 Å². The van der Waals surface area contributed by atoms with Crippen molar-refractivity contribution in [3.8, 4) is 0 Å². The van der Waals surface area contributed by atoms with Crippen molar-refractivity contribution in [2.45, 2.75) is 25.4 Å². The van der Waals surface area contributed by atoms with E-state index in [1.807, 2.05) is 30.3 Å². The zero-order chi connectivity index (χ0) is 13.5. The molecule has 98 valence electrons. The number of hydrogen-bond acceptors (Lipinski definition) is 4. The maximum absolute atomic E-state index is 12.0. The summed E-state index contributed by atoms with van der Waals surface area (Å²) in [6, 6.07) is 8.29. The second-order valence-electron chi connectivity index (χ2n) is 4.13. The second kappa shape index (κ2) is 7.18. The summed E-state index contributed by atoms with van der Waals surface area (Å²) >= 11 is 4.06. The molecule has 0 saturated carbocycles. The predicted molar refractivity (Wildman–Crippen MR) is 74.6 cm³/mol. The first-order chi connectivity index (χ1) is 8.54. The minimum atomic E-state index is -0.628. The highest BCUT2D eigenvalue weighted by molar-refractivity contribution is 7.80. The molecule has 1 unspecified atom stereocenters. The molecule has 0 aromatic heterocycles. The molecule has 5 heteroatoms. The molecule has 0 heterocycles. The zero-order valence-electron chi connectivity index (χ0n) is 10.3. The van der Waals surface area contributed by atoms with Crippen LogP contribution < -0.4 is 11.1 Å². The molecule has 1 rings (SSSR count). The summed E-state index contributed by atoms with van der Waals surface area (Å²) in [6.45, 7) is 1.37. The summed E-state index contributed by atoms with van der Waals surface area (Å²) in [4.78, 5) is 23.0. The van der Waals surface area contributed by atoms with Crippen LogP contribution in [0.15, 0.2) is 30.3 Å². The highest BCUT2D eigenvalue weighted by Gasteiger charge is 2.23. The predicted octanol–water partition coefficient (Wildman–Crippen LogP) is 0.560. The number of carbonyl (C=O) groups excluding carboxylic acids is 2. The van der Waals surface area contributed by atoms with Gasteiger partial charge in [-0.05, 0) is 12.0 Å². The number of hydrogen-bond donors (Lipinski definition) is 3. The summed E-state index contributed by atoms with van der Waals surface area (Å²) in [6.07, 6.45) is 0.462. The summed E-state index contributed by atoms with van der Waals surface area (Å²) in [7, 11) is 0. The molecular formula is C13H18N2O2S. The molecule has 0 fully saturated rings. The van der Waals surface area contributed by atoms with Crippen LogP contribution in [0.4, 0.5) is 0 Å². The van der Waals surface area contributed by atoms with Crippen LogP contribution in [0.25, 0.3) is 0 Å². The Bertz CT molecular complexity index is 409. The lowest BCUT2D eigenvalue weighted by Gasteiger charge is -2.18. The zero-order valence-corrected chi connectivity index (χ0v) is 11.2. The van der Waals surface area contributed by atoms with E-state index in [0.29, 0.717) is 6.42 Å². The SMILES string of the molecule is CC(=O)NC(CS)C(=O)[C@@H](N)Cc1ccccc1. The first kappa shape index (κ1) is 14.7. The van der Waals surface area contributed by atoms with Gasteiger partial charge >= 0.3 is 0 Å². The van der Waals surface area contributed by atoms with Gasteiger partial charge in [-0.2, -0.15) is 12.6 Å². The minimum Gasteiger partial charge on any atom is -0.346 e. The minimum absolute atomic E-state index is 0.191. The van der Waals surface area contributed by atoms with Gasteiger partial charge in [-0.1, -0.05) is 30.3 Å². The van der Waals surface area contributed by atoms with Gasteiger partial charge in [0.1, 0.15) is 0 Å². The Morgan fingerprint density at radius 2 is 1.94 bits per heavy atom. The molecule has 0 aliphatic rings. The maximum atomic E-state index is 12.0. The normalized spacial score (nSPS) is 13.7. The smallest absolute Gasteiger partial charge is 0.217 e. The number of benzene rings is 1. The van der Waals surface area contributed by atoms with E-state index >= 15 is 0 Å². The standard InChI is InChI=1S/C13H18N2O2S/c1-9(16)15-12(8-18)13(17)11(14)7-10-5-3-2-4-6-10/h2-6,11-12,18H,7-8,14H2,1H3,(H,15,16)/t11-,12?/m0/s1. The van der Waals surface area contributed by atoms with Crippen molar-refractivity contribution in [2.75, 3.05) is 5.75 Å². The average Bonchev–Trinajstić information content (AvgIpc) is 2.36. The number of ketones is 1. The Morgan fingerprint density at radius 3 is 2.44 bits per heavy atom. The monoisotopic (exact) mass is 266 g/mol. The molecule has 18 heavy (non-hydrogen) atoms. The quantitative estimate of drug-likeness (QED) is 0.659. The molecule has 0 bridgehead atoms. The van der Waals surface area contributed by atoms with E-state index in [1.54, 1.807) is 0 Å². The molecule has 0 aliphatic carbocycles. The number of nitrogens with two attached hydrogens (primary N) is 1. The third-order valence-electron chi connectivity index (χ3n) is 2.57. The fourth-order valence-corrected chi connectivity index (χ4v) is 1.95. The van der Waals surface area contributed by atoms with E-state index in [1.165, 1.54) is 6.92 Å². The molecule has 0 radical (unpaired) electrons. The van der Waals surface area contributed by atoms with Crippen molar-refractivity contribution in [1.29, 1.82) is 0 Å². The molecule has 0 saturated heterocycles. The highest BCUT2D eigenvalue weighted by atomic mass is 32.1. The molecule has 1 aromatic rings. The van der Waals surface area contributed by atoms with Crippen LogP contribution in [0.1, 0.15) is 12.5 Å². The Kier molecular flexibility index (Phi) is 5.88.